The highest BCUT2D eigenvalue weighted by Crippen LogP contribution is 2.29. The molecule has 1 aromatic heterocycles. The minimum absolute atomic E-state index is 0.0443. The van der Waals surface area contributed by atoms with Crippen LogP contribution in [-0.4, -0.2) is 29.0 Å². The summed E-state index contributed by atoms with van der Waals surface area (Å²) in [6.07, 6.45) is 2.90. The van der Waals surface area contributed by atoms with E-state index < -0.39 is 0 Å². The summed E-state index contributed by atoms with van der Waals surface area (Å²) in [6, 6.07) is 5.25. The zero-order valence-corrected chi connectivity index (χ0v) is 13.3. The molecule has 0 aliphatic carbocycles. The number of methoxy groups -OCH3 is 1. The van der Waals surface area contributed by atoms with Gasteiger partial charge in [0.05, 0.1) is 25.2 Å². The number of carbonyl (C=O) groups is 1. The zero-order chi connectivity index (χ0) is 16.1. The van der Waals surface area contributed by atoms with Gasteiger partial charge in [0.1, 0.15) is 17.3 Å². The summed E-state index contributed by atoms with van der Waals surface area (Å²) in [5.41, 5.74) is 0.931. The van der Waals surface area contributed by atoms with E-state index in [9.17, 15) is 4.79 Å². The molecular formula is C15H17ClN4O2. The maximum atomic E-state index is 11.8. The molecule has 22 heavy (non-hydrogen) atoms. The lowest BCUT2D eigenvalue weighted by atomic mass is 10.3. The summed E-state index contributed by atoms with van der Waals surface area (Å²) in [5, 5.41) is 6.38. The Kier molecular flexibility index (Phi) is 5.16. The molecule has 0 aliphatic heterocycles. The molecule has 116 valence electrons. The van der Waals surface area contributed by atoms with Gasteiger partial charge in [0.15, 0.2) is 0 Å². The molecule has 0 unspecified atom stereocenters. The van der Waals surface area contributed by atoms with Crippen molar-refractivity contribution in [3.05, 3.63) is 41.3 Å². The molecule has 1 amide bonds. The molecule has 2 rings (SSSR count). The molecular weight excluding hydrogens is 304 g/mol. The fourth-order valence-electron chi connectivity index (χ4n) is 1.76. The van der Waals surface area contributed by atoms with E-state index in [-0.39, 0.29) is 17.6 Å². The molecule has 0 saturated carbocycles. The monoisotopic (exact) mass is 320 g/mol. The van der Waals surface area contributed by atoms with Gasteiger partial charge in [0.25, 0.3) is 5.91 Å². The minimum Gasteiger partial charge on any atom is -0.495 e. The molecule has 0 aliphatic rings. The number of carbonyl (C=O) groups excluding carboxylic acids is 1. The lowest BCUT2D eigenvalue weighted by Crippen LogP contribution is -2.30. The van der Waals surface area contributed by atoms with E-state index in [0.717, 1.165) is 0 Å². The number of amides is 1. The van der Waals surface area contributed by atoms with E-state index in [0.29, 0.717) is 22.3 Å². The molecule has 6 nitrogen and oxygen atoms in total. The Balaban J connectivity index is 2.15. The lowest BCUT2D eigenvalue weighted by molar-refractivity contribution is 0.0937. The fraction of sp³-hybridized carbons (Fsp3) is 0.267. The van der Waals surface area contributed by atoms with Gasteiger partial charge in [-0.1, -0.05) is 11.6 Å². The standard InChI is InChI=1S/C15H17ClN4O2/c1-9(2)19-15(21)12-7-18-14(8-17-12)20-11-6-10(16)4-5-13(11)22-3/h4-9H,1-3H3,(H,18,20)(H,19,21). The first-order valence-electron chi connectivity index (χ1n) is 6.73. The van der Waals surface area contributed by atoms with E-state index in [1.165, 1.54) is 12.4 Å². The smallest absolute Gasteiger partial charge is 0.271 e. The summed E-state index contributed by atoms with van der Waals surface area (Å²) in [4.78, 5) is 20.1. The second-order valence-corrected chi connectivity index (χ2v) is 5.32. The van der Waals surface area contributed by atoms with E-state index in [1.54, 1.807) is 25.3 Å². The fourth-order valence-corrected chi connectivity index (χ4v) is 1.93. The second kappa shape index (κ2) is 7.09. The van der Waals surface area contributed by atoms with Crippen LogP contribution in [0.1, 0.15) is 24.3 Å². The highest BCUT2D eigenvalue weighted by Gasteiger charge is 2.10. The third-order valence-electron chi connectivity index (χ3n) is 2.73. The van der Waals surface area contributed by atoms with Crippen LogP contribution in [0, 0.1) is 0 Å². The van der Waals surface area contributed by atoms with Gasteiger partial charge in [-0.3, -0.25) is 4.79 Å². The average Bonchev–Trinajstić information content (AvgIpc) is 2.47. The average molecular weight is 321 g/mol. The molecule has 0 fully saturated rings. The van der Waals surface area contributed by atoms with Crippen LogP contribution in [0.5, 0.6) is 5.75 Å². The van der Waals surface area contributed by atoms with Crippen LogP contribution in [0.2, 0.25) is 5.02 Å². The third kappa shape index (κ3) is 4.08. The minimum atomic E-state index is -0.255. The first-order chi connectivity index (χ1) is 10.5. The van der Waals surface area contributed by atoms with Crippen molar-refractivity contribution < 1.29 is 9.53 Å². The van der Waals surface area contributed by atoms with Crippen molar-refractivity contribution in [3.63, 3.8) is 0 Å². The number of rotatable bonds is 5. The van der Waals surface area contributed by atoms with Crippen molar-refractivity contribution in [2.45, 2.75) is 19.9 Å². The molecule has 0 radical (unpaired) electrons. The number of benzene rings is 1. The number of hydrogen-bond donors (Lipinski definition) is 2. The predicted molar refractivity (Wildman–Crippen MR) is 85.9 cm³/mol. The first-order valence-corrected chi connectivity index (χ1v) is 7.11. The van der Waals surface area contributed by atoms with Crippen LogP contribution >= 0.6 is 11.6 Å². The third-order valence-corrected chi connectivity index (χ3v) is 2.96. The Hall–Kier alpha value is -2.34. The van der Waals surface area contributed by atoms with Crippen LogP contribution in [0.3, 0.4) is 0 Å². The summed E-state index contributed by atoms with van der Waals surface area (Å²) >= 11 is 5.97. The van der Waals surface area contributed by atoms with Crippen LogP contribution in [0.4, 0.5) is 11.5 Å². The highest BCUT2D eigenvalue weighted by atomic mass is 35.5. The number of nitrogens with one attached hydrogen (secondary N) is 2. The van der Waals surface area contributed by atoms with Gasteiger partial charge in [0.2, 0.25) is 0 Å². The van der Waals surface area contributed by atoms with Crippen LogP contribution in [0.15, 0.2) is 30.6 Å². The zero-order valence-electron chi connectivity index (χ0n) is 12.6. The maximum Gasteiger partial charge on any atom is 0.271 e. The normalized spacial score (nSPS) is 10.4. The van der Waals surface area contributed by atoms with Crippen LogP contribution in [0.25, 0.3) is 0 Å². The summed E-state index contributed by atoms with van der Waals surface area (Å²) in [5.74, 6) is 0.865. The number of aromatic nitrogens is 2. The SMILES string of the molecule is COc1ccc(Cl)cc1Nc1cnc(C(=O)NC(C)C)cn1. The molecule has 0 saturated heterocycles. The van der Waals surface area contributed by atoms with Crippen molar-refractivity contribution in [1.29, 1.82) is 0 Å². The van der Waals surface area contributed by atoms with Gasteiger partial charge in [-0.25, -0.2) is 9.97 Å². The van der Waals surface area contributed by atoms with E-state index in [1.807, 2.05) is 13.8 Å². The Morgan fingerprint density at radius 3 is 2.64 bits per heavy atom. The van der Waals surface area contributed by atoms with E-state index in [2.05, 4.69) is 20.6 Å². The van der Waals surface area contributed by atoms with Gasteiger partial charge < -0.3 is 15.4 Å². The number of hydrogen-bond acceptors (Lipinski definition) is 5. The number of anilines is 2. The Labute approximate surface area is 133 Å². The Bertz CT molecular complexity index is 659. The Morgan fingerprint density at radius 2 is 2.05 bits per heavy atom. The predicted octanol–water partition coefficient (Wildman–Crippen LogP) is 3.02. The molecule has 1 heterocycles. The molecule has 0 spiro atoms. The summed E-state index contributed by atoms with van der Waals surface area (Å²) in [6.45, 7) is 3.76. The van der Waals surface area contributed by atoms with Gasteiger partial charge in [-0.2, -0.15) is 0 Å². The number of halogens is 1. The molecule has 7 heteroatoms. The maximum absolute atomic E-state index is 11.8. The van der Waals surface area contributed by atoms with Crippen molar-refractivity contribution in [2.75, 3.05) is 12.4 Å². The first kappa shape index (κ1) is 16.0. The van der Waals surface area contributed by atoms with Gasteiger partial charge >= 0.3 is 0 Å². The van der Waals surface area contributed by atoms with E-state index >= 15 is 0 Å². The number of nitrogens with zero attached hydrogens (tertiary/aromatic N) is 2. The lowest BCUT2D eigenvalue weighted by Gasteiger charge is -2.11. The van der Waals surface area contributed by atoms with Crippen molar-refractivity contribution in [2.24, 2.45) is 0 Å². The summed E-state index contributed by atoms with van der Waals surface area (Å²) < 4.78 is 5.24. The van der Waals surface area contributed by atoms with Crippen LogP contribution < -0.4 is 15.4 Å². The van der Waals surface area contributed by atoms with E-state index in [4.69, 9.17) is 16.3 Å². The summed E-state index contributed by atoms with van der Waals surface area (Å²) in [7, 11) is 1.57. The molecule has 0 bridgehead atoms. The van der Waals surface area contributed by atoms with Crippen LogP contribution in [-0.2, 0) is 0 Å². The van der Waals surface area contributed by atoms with Crippen molar-refractivity contribution >= 4 is 29.0 Å². The van der Waals surface area contributed by atoms with Gasteiger partial charge in [-0.15, -0.1) is 0 Å². The highest BCUT2D eigenvalue weighted by molar-refractivity contribution is 6.31. The van der Waals surface area contributed by atoms with Crippen molar-refractivity contribution in [1.82, 2.24) is 15.3 Å². The molecule has 2 N–H and O–H groups in total. The van der Waals surface area contributed by atoms with Crippen molar-refractivity contribution in [3.8, 4) is 5.75 Å². The quantitative estimate of drug-likeness (QED) is 0.885. The molecule has 0 atom stereocenters. The molecule has 2 aromatic rings. The topological polar surface area (TPSA) is 76.1 Å². The Morgan fingerprint density at radius 1 is 1.27 bits per heavy atom. The largest absolute Gasteiger partial charge is 0.495 e. The molecule has 1 aromatic carbocycles. The number of ether oxygens (including phenoxy) is 1. The van der Waals surface area contributed by atoms with Gasteiger partial charge in [0, 0.05) is 11.1 Å². The second-order valence-electron chi connectivity index (χ2n) is 4.88. The van der Waals surface area contributed by atoms with Gasteiger partial charge in [-0.05, 0) is 32.0 Å².